The lowest BCUT2D eigenvalue weighted by Crippen LogP contribution is -2.48. The fourth-order valence-corrected chi connectivity index (χ4v) is 2.73. The summed E-state index contributed by atoms with van der Waals surface area (Å²) in [7, 11) is 0. The van der Waals surface area contributed by atoms with E-state index in [1.807, 2.05) is 6.92 Å². The Labute approximate surface area is 124 Å². The van der Waals surface area contributed by atoms with E-state index in [0.29, 0.717) is 24.8 Å². The van der Waals surface area contributed by atoms with Crippen LogP contribution in [0.2, 0.25) is 0 Å². The maximum atomic E-state index is 11.2. The lowest BCUT2D eigenvalue weighted by molar-refractivity contribution is -0.143. The summed E-state index contributed by atoms with van der Waals surface area (Å²) >= 11 is 0. The Kier molecular flexibility index (Phi) is 9.06. The van der Waals surface area contributed by atoms with Crippen LogP contribution < -0.4 is 5.73 Å². The van der Waals surface area contributed by atoms with E-state index >= 15 is 0 Å². The molecule has 0 aromatic heterocycles. The van der Waals surface area contributed by atoms with Gasteiger partial charge in [-0.15, -0.1) is 0 Å². The zero-order valence-corrected chi connectivity index (χ0v) is 14.0. The van der Waals surface area contributed by atoms with Crippen LogP contribution in [0.25, 0.3) is 0 Å². The summed E-state index contributed by atoms with van der Waals surface area (Å²) in [5, 5.41) is 9.21. The van der Waals surface area contributed by atoms with Gasteiger partial charge in [-0.05, 0) is 44.6 Å². The van der Waals surface area contributed by atoms with Crippen molar-refractivity contribution < 1.29 is 9.90 Å². The highest BCUT2D eigenvalue weighted by Crippen LogP contribution is 2.17. The first-order chi connectivity index (χ1) is 9.30. The minimum atomic E-state index is -1.06. The summed E-state index contributed by atoms with van der Waals surface area (Å²) in [6.07, 6.45) is 4.17. The van der Waals surface area contributed by atoms with Gasteiger partial charge >= 0.3 is 5.97 Å². The van der Waals surface area contributed by atoms with E-state index in [2.05, 4.69) is 32.6 Å². The van der Waals surface area contributed by atoms with E-state index in [1.165, 1.54) is 0 Å². The number of carboxylic acids is 1. The van der Waals surface area contributed by atoms with Gasteiger partial charge in [-0.2, -0.15) is 0 Å². The van der Waals surface area contributed by atoms with Crippen LogP contribution in [0.15, 0.2) is 0 Å². The van der Waals surface area contributed by atoms with Crippen LogP contribution in [0.3, 0.4) is 0 Å². The van der Waals surface area contributed by atoms with Gasteiger partial charge in [0.15, 0.2) is 0 Å². The lowest BCUT2D eigenvalue weighted by Gasteiger charge is -2.33. The standard InChI is InChI=1S/C16H34N2O2/c1-6-14(7-2)18(12-13(4)5)11-9-10-16(17,8-3)15(19)20/h13-14H,6-12,17H2,1-5H3,(H,19,20). The maximum Gasteiger partial charge on any atom is 0.323 e. The van der Waals surface area contributed by atoms with Crippen molar-refractivity contribution in [1.29, 1.82) is 0 Å². The Balaban J connectivity index is 4.49. The molecule has 1 unspecified atom stereocenters. The molecule has 0 saturated heterocycles. The Bertz CT molecular complexity index is 278. The molecule has 120 valence electrons. The first kappa shape index (κ1) is 19.4. The third-order valence-electron chi connectivity index (χ3n) is 4.18. The van der Waals surface area contributed by atoms with Crippen LogP contribution in [-0.2, 0) is 4.79 Å². The van der Waals surface area contributed by atoms with Crippen molar-refractivity contribution in [2.75, 3.05) is 13.1 Å². The molecule has 4 nitrogen and oxygen atoms in total. The van der Waals surface area contributed by atoms with Gasteiger partial charge in [0, 0.05) is 12.6 Å². The Morgan fingerprint density at radius 1 is 1.25 bits per heavy atom. The number of nitrogens with two attached hydrogens (primary N) is 1. The van der Waals surface area contributed by atoms with Crippen molar-refractivity contribution in [3.63, 3.8) is 0 Å². The molecule has 0 fully saturated rings. The summed E-state index contributed by atoms with van der Waals surface area (Å²) in [6, 6.07) is 0.594. The van der Waals surface area contributed by atoms with Crippen LogP contribution in [0, 0.1) is 5.92 Å². The predicted molar refractivity (Wildman–Crippen MR) is 84.9 cm³/mol. The summed E-state index contributed by atoms with van der Waals surface area (Å²) < 4.78 is 0. The van der Waals surface area contributed by atoms with Crippen LogP contribution >= 0.6 is 0 Å². The van der Waals surface area contributed by atoms with Gasteiger partial charge in [0.25, 0.3) is 0 Å². The van der Waals surface area contributed by atoms with Gasteiger partial charge in [-0.25, -0.2) is 0 Å². The molecule has 0 aliphatic carbocycles. The number of nitrogens with zero attached hydrogens (tertiary/aromatic N) is 1. The van der Waals surface area contributed by atoms with Crippen molar-refractivity contribution in [3.05, 3.63) is 0 Å². The number of carbonyl (C=O) groups is 1. The molecule has 0 aromatic carbocycles. The van der Waals surface area contributed by atoms with E-state index in [9.17, 15) is 9.90 Å². The van der Waals surface area contributed by atoms with Crippen LogP contribution in [0.1, 0.15) is 66.7 Å². The summed E-state index contributed by atoms with van der Waals surface area (Å²) in [5.74, 6) is -0.248. The number of carboxylic acid groups (broad SMARTS) is 1. The highest BCUT2D eigenvalue weighted by atomic mass is 16.4. The van der Waals surface area contributed by atoms with Crippen molar-refractivity contribution in [1.82, 2.24) is 4.90 Å². The molecule has 0 saturated carbocycles. The number of aliphatic carboxylic acids is 1. The minimum Gasteiger partial charge on any atom is -0.480 e. The Morgan fingerprint density at radius 2 is 1.80 bits per heavy atom. The monoisotopic (exact) mass is 286 g/mol. The number of rotatable bonds is 11. The number of hydrogen-bond donors (Lipinski definition) is 2. The van der Waals surface area contributed by atoms with Crippen molar-refractivity contribution in [2.24, 2.45) is 11.7 Å². The minimum absolute atomic E-state index is 0.484. The largest absolute Gasteiger partial charge is 0.480 e. The van der Waals surface area contributed by atoms with E-state index in [-0.39, 0.29) is 0 Å². The van der Waals surface area contributed by atoms with Gasteiger partial charge in [0.1, 0.15) is 5.54 Å². The van der Waals surface area contributed by atoms with Gasteiger partial charge < -0.3 is 15.7 Å². The molecule has 1 atom stereocenters. The molecule has 4 heteroatoms. The summed E-state index contributed by atoms with van der Waals surface area (Å²) in [6.45, 7) is 12.8. The quantitative estimate of drug-likeness (QED) is 0.612. The summed E-state index contributed by atoms with van der Waals surface area (Å²) in [5.41, 5.74) is 4.89. The van der Waals surface area contributed by atoms with Crippen LogP contribution in [-0.4, -0.2) is 40.6 Å². The van der Waals surface area contributed by atoms with E-state index in [1.54, 1.807) is 0 Å². The fourth-order valence-electron chi connectivity index (χ4n) is 2.73. The third kappa shape index (κ3) is 6.23. The zero-order valence-electron chi connectivity index (χ0n) is 14.0. The van der Waals surface area contributed by atoms with E-state index in [4.69, 9.17) is 5.73 Å². The zero-order chi connectivity index (χ0) is 15.8. The second-order valence-electron chi connectivity index (χ2n) is 6.28. The van der Waals surface area contributed by atoms with Crippen LogP contribution in [0.4, 0.5) is 0 Å². The second-order valence-corrected chi connectivity index (χ2v) is 6.28. The lowest BCUT2D eigenvalue weighted by atomic mass is 9.91. The molecule has 0 radical (unpaired) electrons. The van der Waals surface area contributed by atoms with Gasteiger partial charge in [0.05, 0.1) is 0 Å². The molecule has 0 bridgehead atoms. The van der Waals surface area contributed by atoms with E-state index in [0.717, 1.165) is 32.4 Å². The molecule has 0 heterocycles. The number of hydrogen-bond acceptors (Lipinski definition) is 3. The molecular weight excluding hydrogens is 252 g/mol. The van der Waals surface area contributed by atoms with Gasteiger partial charge in [-0.1, -0.05) is 34.6 Å². The molecule has 20 heavy (non-hydrogen) atoms. The first-order valence-electron chi connectivity index (χ1n) is 8.06. The second kappa shape index (κ2) is 9.35. The molecule has 0 aliphatic rings. The third-order valence-corrected chi connectivity index (χ3v) is 4.18. The highest BCUT2D eigenvalue weighted by molar-refractivity contribution is 5.78. The Morgan fingerprint density at radius 3 is 2.15 bits per heavy atom. The molecule has 0 aromatic rings. The van der Waals surface area contributed by atoms with E-state index < -0.39 is 11.5 Å². The van der Waals surface area contributed by atoms with Crippen molar-refractivity contribution in [3.8, 4) is 0 Å². The summed E-state index contributed by atoms with van der Waals surface area (Å²) in [4.78, 5) is 13.7. The average molecular weight is 286 g/mol. The van der Waals surface area contributed by atoms with Crippen molar-refractivity contribution >= 4 is 5.97 Å². The molecule has 0 aliphatic heterocycles. The highest BCUT2D eigenvalue weighted by Gasteiger charge is 2.31. The normalized spacial score (nSPS) is 15.1. The molecule has 0 amide bonds. The molecule has 0 spiro atoms. The smallest absolute Gasteiger partial charge is 0.323 e. The average Bonchev–Trinajstić information content (AvgIpc) is 2.38. The Hall–Kier alpha value is -0.610. The first-order valence-corrected chi connectivity index (χ1v) is 8.06. The topological polar surface area (TPSA) is 66.6 Å². The SMILES string of the molecule is CCC(CC)N(CCCC(N)(CC)C(=O)O)CC(C)C. The van der Waals surface area contributed by atoms with Crippen molar-refractivity contribution in [2.45, 2.75) is 78.3 Å². The van der Waals surface area contributed by atoms with Gasteiger partial charge in [-0.3, -0.25) is 4.79 Å². The van der Waals surface area contributed by atoms with Gasteiger partial charge in [0.2, 0.25) is 0 Å². The van der Waals surface area contributed by atoms with Crippen LogP contribution in [0.5, 0.6) is 0 Å². The maximum absolute atomic E-state index is 11.2. The molecule has 3 N–H and O–H groups in total. The molecule has 0 rings (SSSR count). The predicted octanol–water partition coefficient (Wildman–Crippen LogP) is 3.11. The molecular formula is C16H34N2O2. The fraction of sp³-hybridized carbons (Fsp3) is 0.938.